The zero-order valence-corrected chi connectivity index (χ0v) is 14.9. The molecule has 4 nitrogen and oxygen atoms in total. The van der Waals surface area contributed by atoms with Gasteiger partial charge in [-0.2, -0.15) is 0 Å². The summed E-state index contributed by atoms with van der Waals surface area (Å²) < 4.78 is 0. The highest BCUT2D eigenvalue weighted by Crippen LogP contribution is 2.17. The molecule has 0 spiro atoms. The molecular weight excluding hydrogens is 322 g/mol. The molecule has 132 valence electrons. The Balaban J connectivity index is 1.67. The number of carbonyl (C=O) groups is 1. The molecule has 26 heavy (non-hydrogen) atoms. The van der Waals surface area contributed by atoms with Crippen molar-refractivity contribution in [2.75, 3.05) is 0 Å². The summed E-state index contributed by atoms with van der Waals surface area (Å²) in [4.78, 5) is 21.0. The highest BCUT2D eigenvalue weighted by molar-refractivity contribution is 5.76. The number of pyridine rings is 2. The van der Waals surface area contributed by atoms with Crippen LogP contribution in [0.4, 0.5) is 0 Å². The first-order valence-electron chi connectivity index (χ1n) is 8.85. The summed E-state index contributed by atoms with van der Waals surface area (Å²) in [7, 11) is 0. The molecule has 1 aromatic carbocycles. The molecule has 0 bridgehead atoms. The third-order valence-electron chi connectivity index (χ3n) is 4.30. The van der Waals surface area contributed by atoms with E-state index in [9.17, 15) is 4.79 Å². The average molecular weight is 345 g/mol. The molecule has 3 rings (SSSR count). The van der Waals surface area contributed by atoms with E-state index in [4.69, 9.17) is 0 Å². The second-order valence-electron chi connectivity index (χ2n) is 6.43. The number of carbonyl (C=O) groups excluding carboxylic acids is 1. The first kappa shape index (κ1) is 17.8. The van der Waals surface area contributed by atoms with E-state index in [1.54, 1.807) is 18.6 Å². The van der Waals surface area contributed by atoms with E-state index in [1.165, 1.54) is 11.1 Å². The van der Waals surface area contributed by atoms with Gasteiger partial charge in [0, 0.05) is 25.0 Å². The van der Waals surface area contributed by atoms with Crippen molar-refractivity contribution in [1.82, 2.24) is 15.3 Å². The summed E-state index contributed by atoms with van der Waals surface area (Å²) >= 11 is 0. The van der Waals surface area contributed by atoms with E-state index in [0.29, 0.717) is 12.8 Å². The zero-order valence-electron chi connectivity index (χ0n) is 14.9. The molecule has 0 aliphatic heterocycles. The summed E-state index contributed by atoms with van der Waals surface area (Å²) in [5, 5.41) is 3.14. The van der Waals surface area contributed by atoms with Gasteiger partial charge in [0.05, 0.1) is 11.7 Å². The van der Waals surface area contributed by atoms with Gasteiger partial charge in [-0.05, 0) is 49.1 Å². The van der Waals surface area contributed by atoms with E-state index in [2.05, 4.69) is 46.5 Å². The molecule has 3 aromatic rings. The molecule has 1 amide bonds. The Morgan fingerprint density at radius 3 is 2.54 bits per heavy atom. The molecule has 0 unspecified atom stereocenters. The lowest BCUT2D eigenvalue weighted by Gasteiger charge is -2.19. The molecule has 0 aliphatic rings. The van der Waals surface area contributed by atoms with Crippen LogP contribution in [0.25, 0.3) is 0 Å². The first-order chi connectivity index (χ1) is 12.7. The number of rotatable bonds is 7. The minimum absolute atomic E-state index is 0.0246. The fourth-order valence-electron chi connectivity index (χ4n) is 2.84. The van der Waals surface area contributed by atoms with Crippen LogP contribution in [0, 0.1) is 6.92 Å². The number of hydrogen-bond donors (Lipinski definition) is 1. The second kappa shape index (κ2) is 8.90. The Labute approximate surface area is 154 Å². The fraction of sp³-hybridized carbons (Fsp3) is 0.227. The van der Waals surface area contributed by atoms with E-state index in [0.717, 1.165) is 17.7 Å². The number of hydrogen-bond acceptors (Lipinski definition) is 3. The normalized spacial score (nSPS) is 11.7. The molecule has 0 aliphatic carbocycles. The third kappa shape index (κ3) is 5.24. The van der Waals surface area contributed by atoms with E-state index in [-0.39, 0.29) is 11.9 Å². The molecule has 1 N–H and O–H groups in total. The molecule has 0 radical (unpaired) electrons. The van der Waals surface area contributed by atoms with Crippen LogP contribution in [0.15, 0.2) is 73.2 Å². The predicted molar refractivity (Wildman–Crippen MR) is 103 cm³/mol. The van der Waals surface area contributed by atoms with Gasteiger partial charge in [-0.15, -0.1) is 0 Å². The Morgan fingerprint density at radius 1 is 1.00 bits per heavy atom. The second-order valence-corrected chi connectivity index (χ2v) is 6.43. The monoisotopic (exact) mass is 345 g/mol. The van der Waals surface area contributed by atoms with Crippen molar-refractivity contribution in [2.45, 2.75) is 32.2 Å². The summed E-state index contributed by atoms with van der Waals surface area (Å²) in [6, 6.07) is 17.9. The molecule has 0 saturated carbocycles. The number of aryl methyl sites for hydroxylation is 2. The van der Waals surface area contributed by atoms with Crippen molar-refractivity contribution in [1.29, 1.82) is 0 Å². The quantitative estimate of drug-likeness (QED) is 0.708. The Hall–Kier alpha value is -3.01. The summed E-state index contributed by atoms with van der Waals surface area (Å²) in [5.74, 6) is 0.0246. The van der Waals surface area contributed by atoms with Crippen molar-refractivity contribution in [3.05, 3.63) is 95.6 Å². The molecular formula is C22H23N3O. The third-order valence-corrected chi connectivity index (χ3v) is 4.30. The number of nitrogens with zero attached hydrogens (tertiary/aromatic N) is 2. The topological polar surface area (TPSA) is 54.9 Å². The summed E-state index contributed by atoms with van der Waals surface area (Å²) in [5.41, 5.74) is 4.35. The molecule has 2 heterocycles. The first-order valence-corrected chi connectivity index (χ1v) is 8.85. The maximum absolute atomic E-state index is 12.5. The van der Waals surface area contributed by atoms with Gasteiger partial charge < -0.3 is 5.32 Å². The highest BCUT2D eigenvalue weighted by atomic mass is 16.1. The van der Waals surface area contributed by atoms with Crippen molar-refractivity contribution in [3.8, 4) is 0 Å². The van der Waals surface area contributed by atoms with E-state index >= 15 is 0 Å². The van der Waals surface area contributed by atoms with Crippen LogP contribution in [0.2, 0.25) is 0 Å². The average Bonchev–Trinajstić information content (AvgIpc) is 2.69. The van der Waals surface area contributed by atoms with Crippen LogP contribution >= 0.6 is 0 Å². The molecule has 0 fully saturated rings. The Kier molecular flexibility index (Phi) is 6.09. The van der Waals surface area contributed by atoms with Crippen molar-refractivity contribution in [2.24, 2.45) is 0 Å². The van der Waals surface area contributed by atoms with Crippen LogP contribution in [0.3, 0.4) is 0 Å². The van der Waals surface area contributed by atoms with Gasteiger partial charge >= 0.3 is 0 Å². The smallest absolute Gasteiger partial charge is 0.220 e. The van der Waals surface area contributed by atoms with E-state index in [1.807, 2.05) is 30.3 Å². The van der Waals surface area contributed by atoms with Gasteiger partial charge in [0.25, 0.3) is 0 Å². The van der Waals surface area contributed by atoms with Crippen LogP contribution in [0.5, 0.6) is 0 Å². The zero-order chi connectivity index (χ0) is 18.2. The van der Waals surface area contributed by atoms with Crippen molar-refractivity contribution < 1.29 is 4.79 Å². The standard InChI is InChI=1S/C22H23N3O/c1-17-7-9-18(10-8-17)15-21(20-6-2-3-14-24-20)25-22(26)12-11-19-5-4-13-23-16-19/h2-10,13-14,16,21H,11-12,15H2,1H3,(H,25,26)/t21-/m0/s1. The number of amides is 1. The van der Waals surface area contributed by atoms with E-state index < -0.39 is 0 Å². The van der Waals surface area contributed by atoms with Gasteiger partial charge in [-0.3, -0.25) is 14.8 Å². The van der Waals surface area contributed by atoms with Crippen LogP contribution in [-0.4, -0.2) is 15.9 Å². The lowest BCUT2D eigenvalue weighted by atomic mass is 10.0. The fourth-order valence-corrected chi connectivity index (χ4v) is 2.84. The Morgan fingerprint density at radius 2 is 1.85 bits per heavy atom. The van der Waals surface area contributed by atoms with Gasteiger partial charge in [0.2, 0.25) is 5.91 Å². The molecule has 1 atom stereocenters. The largest absolute Gasteiger partial charge is 0.347 e. The van der Waals surface area contributed by atoms with Crippen LogP contribution < -0.4 is 5.32 Å². The van der Waals surface area contributed by atoms with Crippen LogP contribution in [-0.2, 0) is 17.6 Å². The van der Waals surface area contributed by atoms with Crippen molar-refractivity contribution >= 4 is 5.91 Å². The van der Waals surface area contributed by atoms with Crippen LogP contribution in [0.1, 0.15) is 34.8 Å². The minimum atomic E-state index is -0.139. The maximum atomic E-state index is 12.5. The molecule has 2 aromatic heterocycles. The predicted octanol–water partition coefficient (Wildman–Crippen LogP) is 3.82. The SMILES string of the molecule is Cc1ccc(C[C@H](NC(=O)CCc2cccnc2)c2ccccn2)cc1. The Bertz CT molecular complexity index is 817. The number of benzene rings is 1. The summed E-state index contributed by atoms with van der Waals surface area (Å²) in [6.45, 7) is 2.07. The lowest BCUT2D eigenvalue weighted by molar-refractivity contribution is -0.121. The maximum Gasteiger partial charge on any atom is 0.220 e. The minimum Gasteiger partial charge on any atom is -0.347 e. The molecule has 0 saturated heterocycles. The number of aromatic nitrogens is 2. The lowest BCUT2D eigenvalue weighted by Crippen LogP contribution is -2.30. The van der Waals surface area contributed by atoms with Gasteiger partial charge in [-0.1, -0.05) is 42.0 Å². The van der Waals surface area contributed by atoms with Crippen molar-refractivity contribution in [3.63, 3.8) is 0 Å². The van der Waals surface area contributed by atoms with Gasteiger partial charge in [-0.25, -0.2) is 0 Å². The van der Waals surface area contributed by atoms with Gasteiger partial charge in [0.15, 0.2) is 0 Å². The summed E-state index contributed by atoms with van der Waals surface area (Å²) in [6.07, 6.45) is 7.13. The molecule has 4 heteroatoms. The highest BCUT2D eigenvalue weighted by Gasteiger charge is 2.16. The number of nitrogens with one attached hydrogen (secondary N) is 1. The van der Waals surface area contributed by atoms with Gasteiger partial charge in [0.1, 0.15) is 0 Å².